The Balaban J connectivity index is 2.25. The quantitative estimate of drug-likeness (QED) is 0.843. The van der Waals surface area contributed by atoms with Gasteiger partial charge in [-0.3, -0.25) is 0 Å². The monoisotopic (exact) mass is 373 g/mol. The van der Waals surface area contributed by atoms with Crippen LogP contribution in [0.3, 0.4) is 0 Å². The van der Waals surface area contributed by atoms with Gasteiger partial charge >= 0.3 is 0 Å². The highest BCUT2D eigenvalue weighted by Gasteiger charge is 2.26. The van der Waals surface area contributed by atoms with Gasteiger partial charge in [0.05, 0.1) is 6.61 Å². The van der Waals surface area contributed by atoms with Gasteiger partial charge in [-0.05, 0) is 31.5 Å². The summed E-state index contributed by atoms with van der Waals surface area (Å²) in [6, 6.07) is 7.34. The van der Waals surface area contributed by atoms with Crippen molar-refractivity contribution in [3.63, 3.8) is 0 Å². The van der Waals surface area contributed by atoms with Crippen molar-refractivity contribution in [3.05, 3.63) is 51.4 Å². The molecule has 2 N–H and O–H groups in total. The van der Waals surface area contributed by atoms with Gasteiger partial charge in [-0.2, -0.15) is 0 Å². The number of halogens is 1. The van der Waals surface area contributed by atoms with Crippen LogP contribution in [0.4, 0.5) is 0 Å². The highest BCUT2D eigenvalue weighted by molar-refractivity contribution is 9.10. The largest absolute Gasteiger partial charge is 0.465 e. The lowest BCUT2D eigenvalue weighted by atomic mass is 10.2. The fourth-order valence-corrected chi connectivity index (χ4v) is 3.82. The Bertz CT molecular complexity index is 735. The predicted molar refractivity (Wildman–Crippen MR) is 82.3 cm³/mol. The number of hydrogen-bond donors (Lipinski definition) is 2. The highest BCUT2D eigenvalue weighted by Crippen LogP contribution is 2.26. The van der Waals surface area contributed by atoms with E-state index in [0.29, 0.717) is 11.3 Å². The molecule has 0 saturated carbocycles. The van der Waals surface area contributed by atoms with Crippen molar-refractivity contribution in [1.29, 1.82) is 0 Å². The minimum Gasteiger partial charge on any atom is -0.465 e. The maximum absolute atomic E-state index is 12.4. The minimum absolute atomic E-state index is 0.0274. The molecule has 114 valence electrons. The first-order valence-electron chi connectivity index (χ1n) is 6.29. The number of aliphatic hydroxyl groups is 1. The summed E-state index contributed by atoms with van der Waals surface area (Å²) in [5.74, 6) is 0.693. The van der Waals surface area contributed by atoms with Crippen LogP contribution in [-0.2, 0) is 23.2 Å². The average Bonchev–Trinajstić information content (AvgIpc) is 2.73. The Kier molecular flexibility index (Phi) is 4.88. The standard InChI is InChI=1S/C14H16BrNO4S/c1-9-13(8-17)14(10(2)20-9)21(18,19)16-7-11-3-5-12(15)6-4-11/h3-6,16-17H,7-8H2,1-2H3. The molecule has 0 amide bonds. The van der Waals surface area contributed by atoms with Gasteiger partial charge in [0.2, 0.25) is 10.0 Å². The number of sulfonamides is 1. The van der Waals surface area contributed by atoms with E-state index in [1.54, 1.807) is 13.8 Å². The number of benzene rings is 1. The lowest BCUT2D eigenvalue weighted by molar-refractivity contribution is 0.276. The second-order valence-electron chi connectivity index (χ2n) is 4.63. The van der Waals surface area contributed by atoms with E-state index in [1.165, 1.54) is 0 Å². The van der Waals surface area contributed by atoms with Crippen molar-refractivity contribution in [2.24, 2.45) is 0 Å². The van der Waals surface area contributed by atoms with Crippen LogP contribution in [0, 0.1) is 13.8 Å². The van der Waals surface area contributed by atoms with E-state index in [1.807, 2.05) is 24.3 Å². The van der Waals surface area contributed by atoms with Crippen LogP contribution < -0.4 is 4.72 Å². The topological polar surface area (TPSA) is 79.5 Å². The molecule has 2 rings (SSSR count). The van der Waals surface area contributed by atoms with Crippen molar-refractivity contribution < 1.29 is 17.9 Å². The minimum atomic E-state index is -3.74. The molecule has 21 heavy (non-hydrogen) atoms. The summed E-state index contributed by atoms with van der Waals surface area (Å²) >= 11 is 3.33. The second-order valence-corrected chi connectivity index (χ2v) is 7.25. The van der Waals surface area contributed by atoms with E-state index in [0.717, 1.165) is 10.0 Å². The summed E-state index contributed by atoms with van der Waals surface area (Å²) in [4.78, 5) is 0.0274. The van der Waals surface area contributed by atoms with E-state index in [9.17, 15) is 13.5 Å². The van der Waals surface area contributed by atoms with Gasteiger partial charge < -0.3 is 9.52 Å². The molecular weight excluding hydrogens is 358 g/mol. The van der Waals surface area contributed by atoms with Crippen molar-refractivity contribution >= 4 is 26.0 Å². The molecule has 0 spiro atoms. The van der Waals surface area contributed by atoms with Gasteiger partial charge in [0.15, 0.2) is 0 Å². The Hall–Kier alpha value is -1.15. The Morgan fingerprint density at radius 2 is 1.81 bits per heavy atom. The number of aliphatic hydroxyl groups excluding tert-OH is 1. The van der Waals surface area contributed by atoms with Crippen molar-refractivity contribution in [1.82, 2.24) is 4.72 Å². The molecule has 5 nitrogen and oxygen atoms in total. The zero-order chi connectivity index (χ0) is 15.6. The highest BCUT2D eigenvalue weighted by atomic mass is 79.9. The van der Waals surface area contributed by atoms with E-state index >= 15 is 0 Å². The summed E-state index contributed by atoms with van der Waals surface area (Å²) in [6.45, 7) is 2.99. The molecule has 0 saturated heterocycles. The molecule has 0 atom stereocenters. The van der Waals surface area contributed by atoms with E-state index in [-0.39, 0.29) is 23.8 Å². The fraction of sp³-hybridized carbons (Fsp3) is 0.286. The molecule has 7 heteroatoms. The first-order valence-corrected chi connectivity index (χ1v) is 8.56. The lowest BCUT2D eigenvalue weighted by Crippen LogP contribution is -2.24. The molecule has 0 aliphatic rings. The van der Waals surface area contributed by atoms with E-state index in [4.69, 9.17) is 4.42 Å². The van der Waals surface area contributed by atoms with Crippen LogP contribution in [0.2, 0.25) is 0 Å². The summed E-state index contributed by atoms with van der Waals surface area (Å²) in [5.41, 5.74) is 1.14. The summed E-state index contributed by atoms with van der Waals surface area (Å²) < 4.78 is 33.5. The molecular formula is C14H16BrNO4S. The molecule has 0 aliphatic carbocycles. The first-order chi connectivity index (χ1) is 9.85. The first kappa shape index (κ1) is 16.2. The Morgan fingerprint density at radius 3 is 2.38 bits per heavy atom. The molecule has 1 heterocycles. The molecule has 0 radical (unpaired) electrons. The zero-order valence-corrected chi connectivity index (χ0v) is 14.1. The van der Waals surface area contributed by atoms with Gasteiger partial charge in [0.1, 0.15) is 16.4 Å². The van der Waals surface area contributed by atoms with Crippen molar-refractivity contribution in [2.45, 2.75) is 31.9 Å². The van der Waals surface area contributed by atoms with Crippen LogP contribution in [-0.4, -0.2) is 13.5 Å². The summed E-state index contributed by atoms with van der Waals surface area (Å²) in [5, 5.41) is 9.33. The molecule has 0 fully saturated rings. The number of furan rings is 1. The zero-order valence-electron chi connectivity index (χ0n) is 11.7. The van der Waals surface area contributed by atoms with E-state index < -0.39 is 10.0 Å². The number of nitrogens with one attached hydrogen (secondary N) is 1. The average molecular weight is 374 g/mol. The van der Waals surface area contributed by atoms with Gasteiger partial charge in [-0.15, -0.1) is 0 Å². The molecule has 0 aliphatic heterocycles. The fourth-order valence-electron chi connectivity index (χ4n) is 2.10. The molecule has 2 aromatic rings. The maximum Gasteiger partial charge on any atom is 0.244 e. The number of rotatable bonds is 5. The van der Waals surface area contributed by atoms with Gasteiger partial charge in [0.25, 0.3) is 0 Å². The Labute approximate surface area is 132 Å². The predicted octanol–water partition coefficient (Wildman–Crippen LogP) is 2.63. The summed E-state index contributed by atoms with van der Waals surface area (Å²) in [7, 11) is -3.74. The second kappa shape index (κ2) is 6.31. The van der Waals surface area contributed by atoms with E-state index in [2.05, 4.69) is 20.7 Å². The van der Waals surface area contributed by atoms with Crippen LogP contribution in [0.1, 0.15) is 22.6 Å². The van der Waals surface area contributed by atoms with Crippen molar-refractivity contribution in [3.8, 4) is 0 Å². The third kappa shape index (κ3) is 3.55. The lowest BCUT2D eigenvalue weighted by Gasteiger charge is -2.08. The van der Waals surface area contributed by atoms with Gasteiger partial charge in [0, 0.05) is 16.6 Å². The van der Waals surface area contributed by atoms with Crippen LogP contribution in [0.5, 0.6) is 0 Å². The SMILES string of the molecule is Cc1oc(C)c(S(=O)(=O)NCc2ccc(Br)cc2)c1CO. The molecule has 1 aromatic heterocycles. The smallest absolute Gasteiger partial charge is 0.244 e. The molecule has 0 unspecified atom stereocenters. The number of hydrogen-bond acceptors (Lipinski definition) is 4. The maximum atomic E-state index is 12.4. The van der Waals surface area contributed by atoms with Crippen molar-refractivity contribution in [2.75, 3.05) is 0 Å². The summed E-state index contributed by atoms with van der Waals surface area (Å²) in [6.07, 6.45) is 0. The number of aryl methyl sites for hydroxylation is 2. The molecule has 1 aromatic carbocycles. The Morgan fingerprint density at radius 1 is 1.19 bits per heavy atom. The normalized spacial score (nSPS) is 11.8. The third-order valence-electron chi connectivity index (χ3n) is 3.13. The molecule has 0 bridgehead atoms. The third-order valence-corrected chi connectivity index (χ3v) is 5.26. The van der Waals surface area contributed by atoms with Crippen LogP contribution in [0.25, 0.3) is 0 Å². The van der Waals surface area contributed by atoms with Gasteiger partial charge in [-0.1, -0.05) is 28.1 Å². The van der Waals surface area contributed by atoms with Crippen LogP contribution in [0.15, 0.2) is 38.1 Å². The van der Waals surface area contributed by atoms with Gasteiger partial charge in [-0.25, -0.2) is 13.1 Å². The van der Waals surface area contributed by atoms with Crippen LogP contribution >= 0.6 is 15.9 Å².